The van der Waals surface area contributed by atoms with Crippen LogP contribution in [0, 0.1) is 6.92 Å². The Balaban J connectivity index is 2.53. The molecule has 2 heteroatoms. The van der Waals surface area contributed by atoms with E-state index in [9.17, 15) is 4.79 Å². The summed E-state index contributed by atoms with van der Waals surface area (Å²) in [4.78, 5) is 14.8. The molecule has 2 aromatic rings. The molecular weight excluding hydrogens is 186 g/mol. The number of pyridine rings is 1. The lowest BCUT2D eigenvalue weighted by Crippen LogP contribution is -1.90. The number of aromatic nitrogens is 1. The molecule has 1 heterocycles. The molecule has 0 aliphatic rings. The zero-order chi connectivity index (χ0) is 10.7. The number of nitrogens with zero attached hydrogens (tertiary/aromatic N) is 1. The fourth-order valence-electron chi connectivity index (χ4n) is 1.49. The number of benzene rings is 1. The fourth-order valence-corrected chi connectivity index (χ4v) is 1.49. The predicted molar refractivity (Wildman–Crippen MR) is 59.8 cm³/mol. The molecule has 0 bridgehead atoms. The van der Waals surface area contributed by atoms with E-state index in [0.717, 1.165) is 17.4 Å². The minimum absolute atomic E-state index is 0.487. The van der Waals surface area contributed by atoms with Crippen LogP contribution in [0.4, 0.5) is 0 Å². The van der Waals surface area contributed by atoms with Gasteiger partial charge in [0.15, 0.2) is 6.29 Å². The Morgan fingerprint density at radius 1 is 1.13 bits per heavy atom. The van der Waals surface area contributed by atoms with Gasteiger partial charge < -0.3 is 0 Å². The van der Waals surface area contributed by atoms with Crippen LogP contribution in [0.2, 0.25) is 0 Å². The molecule has 0 unspecified atom stereocenters. The molecule has 0 amide bonds. The maximum Gasteiger partial charge on any atom is 0.169 e. The van der Waals surface area contributed by atoms with E-state index in [4.69, 9.17) is 0 Å². The number of hydrogen-bond acceptors (Lipinski definition) is 2. The number of rotatable bonds is 2. The van der Waals surface area contributed by atoms with Crippen LogP contribution in [0.1, 0.15) is 16.1 Å². The van der Waals surface area contributed by atoms with Gasteiger partial charge in [0, 0.05) is 11.8 Å². The minimum atomic E-state index is 0.487. The monoisotopic (exact) mass is 197 g/mol. The van der Waals surface area contributed by atoms with Gasteiger partial charge in [-0.3, -0.25) is 9.78 Å². The average Bonchev–Trinajstić information content (AvgIpc) is 2.30. The third-order valence-electron chi connectivity index (χ3n) is 2.31. The summed E-state index contributed by atoms with van der Waals surface area (Å²) in [7, 11) is 0. The summed E-state index contributed by atoms with van der Waals surface area (Å²) in [5.74, 6) is 0. The van der Waals surface area contributed by atoms with Crippen LogP contribution in [0.25, 0.3) is 11.1 Å². The molecule has 0 fully saturated rings. The van der Waals surface area contributed by atoms with Crippen molar-refractivity contribution in [2.24, 2.45) is 0 Å². The highest BCUT2D eigenvalue weighted by atomic mass is 16.1. The molecule has 0 saturated carbocycles. The van der Waals surface area contributed by atoms with E-state index in [0.29, 0.717) is 5.69 Å². The van der Waals surface area contributed by atoms with Gasteiger partial charge in [-0.15, -0.1) is 0 Å². The van der Waals surface area contributed by atoms with Crippen molar-refractivity contribution in [2.45, 2.75) is 6.92 Å². The molecule has 2 nitrogen and oxygen atoms in total. The lowest BCUT2D eigenvalue weighted by molar-refractivity contribution is 0.111. The summed E-state index contributed by atoms with van der Waals surface area (Å²) in [5.41, 5.74) is 3.60. The molecular formula is C13H11NO. The van der Waals surface area contributed by atoms with Crippen molar-refractivity contribution in [3.63, 3.8) is 0 Å². The molecule has 0 aliphatic heterocycles. The largest absolute Gasteiger partial charge is 0.296 e. The Morgan fingerprint density at radius 2 is 1.87 bits per heavy atom. The minimum Gasteiger partial charge on any atom is -0.296 e. The summed E-state index contributed by atoms with van der Waals surface area (Å²) in [6.07, 6.45) is 2.41. The molecule has 0 aliphatic carbocycles. The highest BCUT2D eigenvalue weighted by molar-refractivity contribution is 5.84. The van der Waals surface area contributed by atoms with Gasteiger partial charge in [-0.2, -0.15) is 0 Å². The third-order valence-corrected chi connectivity index (χ3v) is 2.31. The second-order valence-corrected chi connectivity index (χ2v) is 3.42. The third kappa shape index (κ3) is 1.94. The van der Waals surface area contributed by atoms with E-state index >= 15 is 0 Å². The van der Waals surface area contributed by atoms with Crippen LogP contribution >= 0.6 is 0 Å². The summed E-state index contributed by atoms with van der Waals surface area (Å²) in [5, 5.41) is 0. The van der Waals surface area contributed by atoms with Crippen LogP contribution in [0.3, 0.4) is 0 Å². The van der Waals surface area contributed by atoms with Crippen LogP contribution < -0.4 is 0 Å². The van der Waals surface area contributed by atoms with Crippen molar-refractivity contribution in [3.8, 4) is 11.1 Å². The fraction of sp³-hybridized carbons (Fsp3) is 0.0769. The van der Waals surface area contributed by atoms with Gasteiger partial charge in [-0.1, -0.05) is 35.9 Å². The Labute approximate surface area is 88.6 Å². The number of hydrogen-bond donors (Lipinski definition) is 0. The maximum absolute atomic E-state index is 10.8. The van der Waals surface area contributed by atoms with E-state index in [1.165, 1.54) is 5.56 Å². The first-order chi connectivity index (χ1) is 7.31. The molecule has 0 spiro atoms. The van der Waals surface area contributed by atoms with Crippen LogP contribution in [0.5, 0.6) is 0 Å². The van der Waals surface area contributed by atoms with Crippen LogP contribution in [-0.2, 0) is 0 Å². The first-order valence-electron chi connectivity index (χ1n) is 4.78. The SMILES string of the molecule is Cc1ccc(-c2cccnc2C=O)cc1. The van der Waals surface area contributed by atoms with Crippen molar-refractivity contribution < 1.29 is 4.79 Å². The normalized spacial score (nSPS) is 9.93. The Hall–Kier alpha value is -1.96. The quantitative estimate of drug-likeness (QED) is 0.693. The van der Waals surface area contributed by atoms with Gasteiger partial charge in [0.2, 0.25) is 0 Å². The maximum atomic E-state index is 10.8. The standard InChI is InChI=1S/C13H11NO/c1-10-4-6-11(7-5-10)12-3-2-8-14-13(12)9-15/h2-9H,1H3. The summed E-state index contributed by atoms with van der Waals surface area (Å²) in [6.45, 7) is 2.04. The molecule has 2 rings (SSSR count). The molecule has 1 aromatic heterocycles. The van der Waals surface area contributed by atoms with E-state index in [-0.39, 0.29) is 0 Å². The number of aryl methyl sites for hydroxylation is 1. The van der Waals surface area contributed by atoms with Gasteiger partial charge >= 0.3 is 0 Å². The average molecular weight is 197 g/mol. The lowest BCUT2D eigenvalue weighted by Gasteiger charge is -2.03. The molecule has 0 saturated heterocycles. The Bertz CT molecular complexity index is 474. The second kappa shape index (κ2) is 4.05. The summed E-state index contributed by atoms with van der Waals surface area (Å²) < 4.78 is 0. The van der Waals surface area contributed by atoms with E-state index in [1.54, 1.807) is 6.20 Å². The van der Waals surface area contributed by atoms with Crippen molar-refractivity contribution in [3.05, 3.63) is 53.9 Å². The van der Waals surface area contributed by atoms with E-state index in [1.807, 2.05) is 43.3 Å². The molecule has 15 heavy (non-hydrogen) atoms. The summed E-state index contributed by atoms with van der Waals surface area (Å²) in [6, 6.07) is 11.8. The van der Waals surface area contributed by atoms with Crippen molar-refractivity contribution >= 4 is 6.29 Å². The smallest absolute Gasteiger partial charge is 0.169 e. The zero-order valence-corrected chi connectivity index (χ0v) is 8.47. The van der Waals surface area contributed by atoms with E-state index in [2.05, 4.69) is 4.98 Å². The van der Waals surface area contributed by atoms with Gasteiger partial charge in [-0.05, 0) is 18.6 Å². The van der Waals surface area contributed by atoms with Crippen LogP contribution in [-0.4, -0.2) is 11.3 Å². The highest BCUT2D eigenvalue weighted by Gasteiger charge is 2.03. The Morgan fingerprint density at radius 3 is 2.53 bits per heavy atom. The van der Waals surface area contributed by atoms with Crippen molar-refractivity contribution in [1.29, 1.82) is 0 Å². The van der Waals surface area contributed by atoms with Gasteiger partial charge in [0.25, 0.3) is 0 Å². The molecule has 0 radical (unpaired) electrons. The van der Waals surface area contributed by atoms with E-state index < -0.39 is 0 Å². The number of carbonyl (C=O) groups is 1. The highest BCUT2D eigenvalue weighted by Crippen LogP contribution is 2.21. The number of aldehydes is 1. The second-order valence-electron chi connectivity index (χ2n) is 3.42. The first kappa shape index (κ1) is 9.59. The zero-order valence-electron chi connectivity index (χ0n) is 8.47. The first-order valence-corrected chi connectivity index (χ1v) is 4.78. The van der Waals surface area contributed by atoms with Crippen molar-refractivity contribution in [1.82, 2.24) is 4.98 Å². The Kier molecular flexibility index (Phi) is 2.59. The van der Waals surface area contributed by atoms with Gasteiger partial charge in [0.05, 0.1) is 0 Å². The lowest BCUT2D eigenvalue weighted by atomic mass is 10.0. The predicted octanol–water partition coefficient (Wildman–Crippen LogP) is 2.87. The van der Waals surface area contributed by atoms with Gasteiger partial charge in [0.1, 0.15) is 5.69 Å². The molecule has 74 valence electrons. The van der Waals surface area contributed by atoms with Gasteiger partial charge in [-0.25, -0.2) is 0 Å². The number of carbonyl (C=O) groups excluding carboxylic acids is 1. The van der Waals surface area contributed by atoms with Crippen LogP contribution in [0.15, 0.2) is 42.6 Å². The molecule has 1 aromatic carbocycles. The molecule has 0 atom stereocenters. The molecule has 0 N–H and O–H groups in total. The summed E-state index contributed by atoms with van der Waals surface area (Å²) >= 11 is 0. The topological polar surface area (TPSA) is 30.0 Å². The van der Waals surface area contributed by atoms with Crippen molar-refractivity contribution in [2.75, 3.05) is 0 Å².